The molecule has 0 aromatic heterocycles. The van der Waals surface area contributed by atoms with Gasteiger partial charge in [-0.05, 0) is 40.0 Å². The van der Waals surface area contributed by atoms with E-state index in [-0.39, 0.29) is 64.0 Å². The number of hydrogen-bond acceptors (Lipinski definition) is 19. The summed E-state index contributed by atoms with van der Waals surface area (Å²) in [5.41, 5.74) is -0.682. The number of carboxylic acid groups (broad SMARTS) is 4. The number of likely N-dealkylation sites (N-methyl/N-ethyl adjacent to an activating group) is 3. The monoisotopic (exact) mass is 1170 g/mol. The number of carbonyl (C=O) groups excluding carboxylic acids is 5. The lowest BCUT2D eigenvalue weighted by atomic mass is 9.86. The molecule has 0 aromatic carbocycles. The Morgan fingerprint density at radius 3 is 1.10 bits per heavy atom. The van der Waals surface area contributed by atoms with Gasteiger partial charge in [-0.2, -0.15) is 0 Å². The number of likely N-dealkylation sites (tertiary alicyclic amines) is 2. The van der Waals surface area contributed by atoms with Crippen molar-refractivity contribution in [3.8, 4) is 0 Å². The van der Waals surface area contributed by atoms with Crippen molar-refractivity contribution in [2.24, 2.45) is 35.5 Å². The van der Waals surface area contributed by atoms with E-state index in [1.165, 1.54) is 85.2 Å². The first kappa shape index (κ1) is 62.9. The van der Waals surface area contributed by atoms with E-state index >= 15 is 9.59 Å². The summed E-state index contributed by atoms with van der Waals surface area (Å²) in [6.07, 6.45) is -3.62. The van der Waals surface area contributed by atoms with Crippen molar-refractivity contribution in [2.75, 3.05) is 61.9 Å². The third-order valence-electron chi connectivity index (χ3n) is 16.0. The van der Waals surface area contributed by atoms with Crippen LogP contribution in [-0.4, -0.2) is 246 Å². The van der Waals surface area contributed by atoms with Crippen LogP contribution in [0.4, 0.5) is 0 Å². The van der Waals surface area contributed by atoms with Crippen molar-refractivity contribution in [3.63, 3.8) is 0 Å². The molecule has 1 unspecified atom stereocenters. The summed E-state index contributed by atoms with van der Waals surface area (Å²) < 4.78 is 0. The van der Waals surface area contributed by atoms with Gasteiger partial charge in [-0.15, -0.1) is 35.3 Å². The third-order valence-corrected chi connectivity index (χ3v) is 20.5. The van der Waals surface area contributed by atoms with Crippen LogP contribution >= 0.6 is 35.3 Å². The highest BCUT2D eigenvalue weighted by Gasteiger charge is 2.54. The topological polar surface area (TPSA) is 360 Å². The van der Waals surface area contributed by atoms with Crippen LogP contribution in [-0.2, 0) is 43.2 Å². The maximum absolute atomic E-state index is 15.1. The SMILES string of the molecule is C[C@@H](O)[C@@H](C(=O)O)[C@@H]1NC(C(=O)O)=C(S[C@H]2C[C@@H](C(=O)N(C)C)N(C(=O)[C@@H]([C@@H]3NC(C(=O)O)=C(S[C@H]4C[C@@H](C(=O)N(C)C)N(C(=O)[C@@H]([C@@H]5NC(C(=O)O)=C(SC6CN[C@H](C(=O)N(C)C)C6)[C@@H]5C)[C@@H](C)O)C4)[C@@H]3C)[C@@H](C)O)C2)[C@@H]1C. The normalized spacial score (nSPS) is 31.0. The Morgan fingerprint density at radius 1 is 0.494 bits per heavy atom. The number of rotatable bonds is 21. The Morgan fingerprint density at radius 2 is 0.810 bits per heavy atom. The molecule has 79 heavy (non-hydrogen) atoms. The van der Waals surface area contributed by atoms with Gasteiger partial charge in [-0.3, -0.25) is 28.8 Å². The fraction of sp³-hybridized carbons (Fsp3) is 0.706. The van der Waals surface area contributed by atoms with E-state index < -0.39 is 148 Å². The van der Waals surface area contributed by atoms with Gasteiger partial charge in [0.15, 0.2) is 0 Å². The number of amides is 5. The van der Waals surface area contributed by atoms with Crippen LogP contribution in [0.3, 0.4) is 0 Å². The van der Waals surface area contributed by atoms with Gasteiger partial charge in [0.2, 0.25) is 29.5 Å². The molecule has 0 aliphatic carbocycles. The molecule has 0 spiro atoms. The second-order valence-electron chi connectivity index (χ2n) is 22.2. The molecule has 0 aromatic rings. The van der Waals surface area contributed by atoms with Crippen LogP contribution in [0.15, 0.2) is 31.8 Å². The fourth-order valence-corrected chi connectivity index (χ4v) is 16.4. The highest BCUT2D eigenvalue weighted by Crippen LogP contribution is 2.48. The van der Waals surface area contributed by atoms with E-state index in [1.807, 2.05) is 0 Å². The number of aliphatic hydroxyl groups excluding tert-OH is 3. The minimum atomic E-state index is -1.43. The Balaban J connectivity index is 1.23. The first-order chi connectivity index (χ1) is 36.8. The van der Waals surface area contributed by atoms with Gasteiger partial charge < -0.3 is 81.5 Å². The fourth-order valence-electron chi connectivity index (χ4n) is 12.0. The zero-order valence-corrected chi connectivity index (χ0v) is 48.8. The molecular weight excluding hydrogens is 1090 g/mol. The number of hydrogen-bond donors (Lipinski definition) is 11. The van der Waals surface area contributed by atoms with E-state index in [4.69, 9.17) is 0 Å². The number of carbonyl (C=O) groups is 9. The quantitative estimate of drug-likeness (QED) is 0.0650. The largest absolute Gasteiger partial charge is 0.481 e. The molecule has 6 rings (SSSR count). The van der Waals surface area contributed by atoms with Gasteiger partial charge in [-0.25, -0.2) is 14.4 Å². The van der Waals surface area contributed by atoms with Crippen LogP contribution in [0.5, 0.6) is 0 Å². The molecule has 0 saturated carbocycles. The van der Waals surface area contributed by atoms with Crippen molar-refractivity contribution in [1.29, 1.82) is 0 Å². The number of aliphatic carboxylic acids is 4. The van der Waals surface area contributed by atoms with E-state index in [9.17, 15) is 69.3 Å². The van der Waals surface area contributed by atoms with Gasteiger partial charge in [0, 0.05) is 128 Å². The summed E-state index contributed by atoms with van der Waals surface area (Å²) in [7, 11) is 9.34. The van der Waals surface area contributed by atoms with Gasteiger partial charge in [0.25, 0.3) is 0 Å². The number of carboxylic acids is 4. The maximum Gasteiger partial charge on any atom is 0.352 e. The molecule has 28 heteroatoms. The van der Waals surface area contributed by atoms with Crippen LogP contribution in [0.25, 0.3) is 0 Å². The molecule has 3 saturated heterocycles. The summed E-state index contributed by atoms with van der Waals surface area (Å²) >= 11 is 3.47. The summed E-state index contributed by atoms with van der Waals surface area (Å²) in [5.74, 6) is -13.9. The Hall–Kier alpha value is -5.26. The standard InChI is InChI=1S/C51H77N9O16S3/c1-19-34(53-37(49(71)72)40(19)77-25-13-28(52-16-25)43(64)56(7)8)31(22(4)61)46(67)59-17-26(14-29(59)44(65)57(9)10)78-41-20(2)35(54-38(41)50(73)74)32(23(5)62)47(68)60-18-27(15-30(60)45(66)58(11)12)79-42-21(3)36(55-39(42)51(75)76)33(24(6)63)48(69)70/h19-36,52-55,61-63H,13-18H2,1-12H3,(H,69,70)(H,71,72)(H,73,74)(H,75,76)/t19-,20-,21-,22-,23-,24-,25?,26+,27+,28+,29+,30+,31-,32-,33-,34-,35-,36-/m1/s1. The van der Waals surface area contributed by atoms with Crippen LogP contribution < -0.4 is 21.3 Å². The summed E-state index contributed by atoms with van der Waals surface area (Å²) in [6.45, 7) is 9.33. The number of nitrogens with zero attached hydrogens (tertiary/aromatic N) is 5. The van der Waals surface area contributed by atoms with Crippen molar-refractivity contribution in [3.05, 3.63) is 31.8 Å². The van der Waals surface area contributed by atoms with Gasteiger partial charge >= 0.3 is 23.9 Å². The maximum atomic E-state index is 15.1. The molecule has 0 radical (unpaired) electrons. The highest BCUT2D eigenvalue weighted by molar-refractivity contribution is 8.04. The average Bonchev–Trinajstić information content (AvgIpc) is 4.35. The average molecular weight is 1170 g/mol. The molecule has 6 heterocycles. The molecule has 440 valence electrons. The Kier molecular flexibility index (Phi) is 20.1. The van der Waals surface area contributed by atoms with Crippen LogP contribution in [0.2, 0.25) is 0 Å². The van der Waals surface area contributed by atoms with Crippen LogP contribution in [0, 0.1) is 35.5 Å². The molecule has 5 amide bonds. The lowest BCUT2D eigenvalue weighted by Gasteiger charge is -2.35. The second-order valence-corrected chi connectivity index (χ2v) is 26.3. The zero-order valence-electron chi connectivity index (χ0n) is 46.4. The van der Waals surface area contributed by atoms with Gasteiger partial charge in [-0.1, -0.05) is 20.8 Å². The molecule has 0 bridgehead atoms. The van der Waals surface area contributed by atoms with Gasteiger partial charge in [0.05, 0.1) is 36.2 Å². The first-order valence-corrected chi connectivity index (χ1v) is 28.9. The summed E-state index contributed by atoms with van der Waals surface area (Å²) in [5, 5.41) is 85.1. The van der Waals surface area contributed by atoms with E-state index in [1.54, 1.807) is 34.9 Å². The predicted octanol–water partition coefficient (Wildman–Crippen LogP) is -1.09. The molecule has 3 fully saturated rings. The zero-order chi connectivity index (χ0) is 59.1. The smallest absolute Gasteiger partial charge is 0.352 e. The molecule has 6 aliphatic heterocycles. The summed E-state index contributed by atoms with van der Waals surface area (Å²) in [4.78, 5) is 129. The molecular formula is C51H77N9O16S3. The lowest BCUT2D eigenvalue weighted by Crippen LogP contribution is -2.54. The Labute approximate surface area is 471 Å². The van der Waals surface area contributed by atoms with E-state index in [2.05, 4.69) is 21.3 Å². The molecule has 6 aliphatic rings. The molecule has 25 nitrogen and oxygen atoms in total. The highest BCUT2D eigenvalue weighted by atomic mass is 32.2. The van der Waals surface area contributed by atoms with Gasteiger partial charge in [0.1, 0.15) is 35.1 Å². The number of aliphatic hydroxyl groups is 3. The minimum Gasteiger partial charge on any atom is -0.481 e. The van der Waals surface area contributed by atoms with E-state index in [0.29, 0.717) is 17.9 Å². The summed E-state index contributed by atoms with van der Waals surface area (Å²) in [6, 6.07) is -5.67. The number of thioether (sulfide) groups is 3. The van der Waals surface area contributed by atoms with Crippen molar-refractivity contribution in [1.82, 2.24) is 45.8 Å². The lowest BCUT2D eigenvalue weighted by molar-refractivity contribution is -0.148. The Bertz CT molecular complexity index is 2540. The van der Waals surface area contributed by atoms with Crippen LogP contribution in [0.1, 0.15) is 60.8 Å². The predicted molar refractivity (Wildman–Crippen MR) is 292 cm³/mol. The number of nitrogens with one attached hydrogen (secondary N) is 4. The van der Waals surface area contributed by atoms with E-state index in [0.717, 1.165) is 23.5 Å². The van der Waals surface area contributed by atoms with Crippen molar-refractivity contribution >= 4 is 88.7 Å². The first-order valence-electron chi connectivity index (χ1n) is 26.3. The molecule has 11 N–H and O–H groups in total. The minimum absolute atomic E-state index is 0.0334. The van der Waals surface area contributed by atoms with Crippen molar-refractivity contribution < 1.29 is 78.9 Å². The molecule has 18 atom stereocenters. The van der Waals surface area contributed by atoms with Crippen molar-refractivity contribution in [2.45, 2.75) is 131 Å². The third kappa shape index (κ3) is 12.9. The second kappa shape index (κ2) is 25.3.